The Morgan fingerprint density at radius 1 is 1.62 bits per heavy atom. The van der Waals surface area contributed by atoms with Crippen molar-refractivity contribution in [1.29, 1.82) is 0 Å². The molecule has 0 bridgehead atoms. The lowest BCUT2D eigenvalue weighted by Crippen LogP contribution is -2.19. The molecule has 0 aliphatic carbocycles. The fourth-order valence-corrected chi connectivity index (χ4v) is 1.35. The first kappa shape index (κ1) is 10.3. The molecule has 0 spiro atoms. The van der Waals surface area contributed by atoms with E-state index in [1.165, 1.54) is 0 Å². The van der Waals surface area contributed by atoms with Crippen molar-refractivity contribution in [2.75, 3.05) is 0 Å². The van der Waals surface area contributed by atoms with E-state index >= 15 is 0 Å². The van der Waals surface area contributed by atoms with Crippen LogP contribution < -0.4 is 0 Å². The van der Waals surface area contributed by atoms with Gasteiger partial charge in [-0.25, -0.2) is 0 Å². The van der Waals surface area contributed by atoms with Crippen LogP contribution in [0.25, 0.3) is 0 Å². The topological polar surface area (TPSA) is 46.5 Å². The van der Waals surface area contributed by atoms with Crippen molar-refractivity contribution >= 4 is 5.97 Å². The van der Waals surface area contributed by atoms with Crippen molar-refractivity contribution in [2.45, 2.75) is 44.8 Å². The summed E-state index contributed by atoms with van der Waals surface area (Å²) in [5.74, 6) is -0.313. The highest BCUT2D eigenvalue weighted by Crippen LogP contribution is 2.10. The van der Waals surface area contributed by atoms with Crippen LogP contribution in [0, 0.1) is 0 Å². The highest BCUT2D eigenvalue weighted by atomic mass is 16.5. The van der Waals surface area contributed by atoms with E-state index in [1.54, 1.807) is 6.08 Å². The van der Waals surface area contributed by atoms with E-state index in [9.17, 15) is 9.90 Å². The number of allylic oxidation sites excluding steroid dienone is 1. The lowest BCUT2D eigenvalue weighted by atomic mass is 10.1. The lowest BCUT2D eigenvalue weighted by molar-refractivity contribution is -0.150. The van der Waals surface area contributed by atoms with E-state index in [0.29, 0.717) is 0 Å². The van der Waals surface area contributed by atoms with Crippen molar-refractivity contribution < 1.29 is 14.6 Å². The summed E-state index contributed by atoms with van der Waals surface area (Å²) in [4.78, 5) is 11.1. The molecule has 0 saturated carbocycles. The molecular formula is C10H16O3. The molecule has 0 fully saturated rings. The Morgan fingerprint density at radius 3 is 3.15 bits per heavy atom. The fourth-order valence-electron chi connectivity index (χ4n) is 1.35. The highest BCUT2D eigenvalue weighted by Gasteiger charge is 2.13. The van der Waals surface area contributed by atoms with Crippen LogP contribution in [0.3, 0.4) is 0 Å². The molecule has 3 heteroatoms. The zero-order chi connectivity index (χ0) is 9.68. The van der Waals surface area contributed by atoms with Gasteiger partial charge in [0.05, 0.1) is 18.6 Å². The van der Waals surface area contributed by atoms with Gasteiger partial charge >= 0.3 is 5.97 Å². The number of cyclic esters (lactones) is 1. The Morgan fingerprint density at radius 2 is 2.38 bits per heavy atom. The second-order valence-corrected chi connectivity index (χ2v) is 3.43. The molecule has 0 aromatic carbocycles. The van der Waals surface area contributed by atoms with Crippen molar-refractivity contribution in [2.24, 2.45) is 0 Å². The predicted octanol–water partition coefficient (Wildman–Crippen LogP) is 1.41. The summed E-state index contributed by atoms with van der Waals surface area (Å²) >= 11 is 0. The molecule has 1 unspecified atom stereocenters. The summed E-state index contributed by atoms with van der Waals surface area (Å²) in [7, 11) is 0. The molecule has 1 rings (SSSR count). The molecule has 1 heterocycles. The standard InChI is InChI=1S/C10H16O3/c1-8-5-3-2-4-6-9(11)7-10(12)13-8/h4,6,8-9,11H,2-3,5,7H2,1H3/b6-4+/t8-,9?/m0/s1. The summed E-state index contributed by atoms with van der Waals surface area (Å²) in [6, 6.07) is 0. The Balaban J connectivity index is 2.51. The van der Waals surface area contributed by atoms with Crippen LogP contribution in [-0.2, 0) is 9.53 Å². The van der Waals surface area contributed by atoms with Gasteiger partial charge in [0.15, 0.2) is 0 Å². The lowest BCUT2D eigenvalue weighted by Gasteiger charge is -2.15. The molecule has 1 aliphatic heterocycles. The van der Waals surface area contributed by atoms with Crippen molar-refractivity contribution in [1.82, 2.24) is 0 Å². The van der Waals surface area contributed by atoms with E-state index < -0.39 is 6.10 Å². The van der Waals surface area contributed by atoms with Gasteiger partial charge < -0.3 is 9.84 Å². The molecule has 0 radical (unpaired) electrons. The summed E-state index contributed by atoms with van der Waals surface area (Å²) in [6.07, 6.45) is 5.79. The summed E-state index contributed by atoms with van der Waals surface area (Å²) in [5, 5.41) is 9.30. The summed E-state index contributed by atoms with van der Waals surface area (Å²) in [6.45, 7) is 1.88. The SMILES string of the molecule is C[C@H]1CCC/C=C/C(O)CC(=O)O1. The Kier molecular flexibility index (Phi) is 3.96. The van der Waals surface area contributed by atoms with Gasteiger partial charge in [-0.2, -0.15) is 0 Å². The second-order valence-electron chi connectivity index (χ2n) is 3.43. The average molecular weight is 184 g/mol. The van der Waals surface area contributed by atoms with Crippen LogP contribution in [0.5, 0.6) is 0 Å². The van der Waals surface area contributed by atoms with Crippen molar-refractivity contribution in [3.8, 4) is 0 Å². The average Bonchev–Trinajstić information content (AvgIpc) is 2.02. The van der Waals surface area contributed by atoms with Gasteiger partial charge in [-0.15, -0.1) is 0 Å². The third-order valence-electron chi connectivity index (χ3n) is 2.05. The number of hydrogen-bond donors (Lipinski definition) is 1. The van der Waals surface area contributed by atoms with Gasteiger partial charge in [0.25, 0.3) is 0 Å². The maximum Gasteiger partial charge on any atom is 0.309 e. The minimum atomic E-state index is -0.683. The van der Waals surface area contributed by atoms with E-state index in [-0.39, 0.29) is 18.5 Å². The zero-order valence-corrected chi connectivity index (χ0v) is 7.90. The number of ether oxygens (including phenoxy) is 1. The van der Waals surface area contributed by atoms with Gasteiger partial charge in [-0.05, 0) is 26.2 Å². The number of aliphatic hydroxyl groups is 1. The molecule has 13 heavy (non-hydrogen) atoms. The number of rotatable bonds is 0. The van der Waals surface area contributed by atoms with Gasteiger partial charge in [-0.3, -0.25) is 4.79 Å². The summed E-state index contributed by atoms with van der Waals surface area (Å²) < 4.78 is 5.06. The number of carbonyl (C=O) groups excluding carboxylic acids is 1. The van der Waals surface area contributed by atoms with Crippen LogP contribution in [0.4, 0.5) is 0 Å². The Hall–Kier alpha value is -0.830. The number of hydrogen-bond acceptors (Lipinski definition) is 3. The van der Waals surface area contributed by atoms with E-state index in [2.05, 4.69) is 0 Å². The zero-order valence-electron chi connectivity index (χ0n) is 7.90. The van der Waals surface area contributed by atoms with Crippen LogP contribution in [-0.4, -0.2) is 23.3 Å². The maximum atomic E-state index is 11.1. The maximum absolute atomic E-state index is 11.1. The van der Waals surface area contributed by atoms with Crippen LogP contribution in [0.2, 0.25) is 0 Å². The molecule has 0 aromatic rings. The molecule has 0 saturated heterocycles. The van der Waals surface area contributed by atoms with Gasteiger partial charge in [-0.1, -0.05) is 12.2 Å². The van der Waals surface area contributed by atoms with Crippen LogP contribution in [0.15, 0.2) is 12.2 Å². The number of esters is 1. The minimum Gasteiger partial charge on any atom is -0.463 e. The Labute approximate surface area is 78.4 Å². The number of carbonyl (C=O) groups is 1. The van der Waals surface area contributed by atoms with E-state index in [1.807, 2.05) is 13.0 Å². The van der Waals surface area contributed by atoms with Crippen molar-refractivity contribution in [3.05, 3.63) is 12.2 Å². The van der Waals surface area contributed by atoms with E-state index in [0.717, 1.165) is 19.3 Å². The molecule has 74 valence electrons. The van der Waals surface area contributed by atoms with Gasteiger partial charge in [0.2, 0.25) is 0 Å². The second kappa shape index (κ2) is 5.02. The quantitative estimate of drug-likeness (QED) is 0.457. The molecule has 1 aliphatic rings. The number of aliphatic hydroxyl groups excluding tert-OH is 1. The smallest absolute Gasteiger partial charge is 0.309 e. The first-order valence-electron chi connectivity index (χ1n) is 4.72. The van der Waals surface area contributed by atoms with Gasteiger partial charge in [0.1, 0.15) is 0 Å². The largest absolute Gasteiger partial charge is 0.463 e. The van der Waals surface area contributed by atoms with E-state index in [4.69, 9.17) is 4.74 Å². The molecule has 1 N–H and O–H groups in total. The van der Waals surface area contributed by atoms with Crippen LogP contribution in [0.1, 0.15) is 32.6 Å². The first-order valence-corrected chi connectivity index (χ1v) is 4.72. The normalized spacial score (nSPS) is 33.5. The highest BCUT2D eigenvalue weighted by molar-refractivity contribution is 5.70. The Bertz CT molecular complexity index is 198. The third kappa shape index (κ3) is 4.08. The van der Waals surface area contributed by atoms with Crippen LogP contribution >= 0.6 is 0 Å². The van der Waals surface area contributed by atoms with Crippen molar-refractivity contribution in [3.63, 3.8) is 0 Å². The fraction of sp³-hybridized carbons (Fsp3) is 0.700. The molecule has 0 amide bonds. The predicted molar refractivity (Wildman–Crippen MR) is 49.2 cm³/mol. The first-order chi connectivity index (χ1) is 6.18. The third-order valence-corrected chi connectivity index (χ3v) is 2.05. The molecule has 0 aromatic heterocycles. The summed E-state index contributed by atoms with van der Waals surface area (Å²) in [5.41, 5.74) is 0. The molecule has 2 atom stereocenters. The minimum absolute atomic E-state index is 0.0220. The molecular weight excluding hydrogens is 168 g/mol. The molecule has 3 nitrogen and oxygen atoms in total. The monoisotopic (exact) mass is 184 g/mol. The van der Waals surface area contributed by atoms with Gasteiger partial charge in [0, 0.05) is 0 Å².